The van der Waals surface area contributed by atoms with Crippen molar-refractivity contribution in [3.8, 4) is 0 Å². The molecule has 1 fully saturated rings. The number of aliphatic carboxylic acids is 1. The second kappa shape index (κ2) is 9.17. The fourth-order valence-electron chi connectivity index (χ4n) is 2.25. The van der Waals surface area contributed by atoms with Gasteiger partial charge in [0.05, 0.1) is 6.54 Å². The maximum absolute atomic E-state index is 12.0. The summed E-state index contributed by atoms with van der Waals surface area (Å²) in [5.41, 5.74) is 5.04. The first-order chi connectivity index (χ1) is 9.99. The Morgan fingerprint density at radius 1 is 1.10 bits per heavy atom. The number of nitrogens with one attached hydrogen (secondary N) is 1. The van der Waals surface area contributed by atoms with Gasteiger partial charge in [0.2, 0.25) is 5.91 Å². The summed E-state index contributed by atoms with van der Waals surface area (Å²) in [4.78, 5) is 36.8. The number of nitrogens with two attached hydrogens (primary N) is 1. The third kappa shape index (κ3) is 7.50. The zero-order chi connectivity index (χ0) is 15.7. The van der Waals surface area contributed by atoms with Gasteiger partial charge >= 0.3 is 12.0 Å². The van der Waals surface area contributed by atoms with Crippen molar-refractivity contribution in [3.05, 3.63) is 0 Å². The van der Waals surface area contributed by atoms with Crippen molar-refractivity contribution in [2.75, 3.05) is 39.3 Å². The van der Waals surface area contributed by atoms with Crippen LogP contribution < -0.4 is 11.1 Å². The van der Waals surface area contributed by atoms with Crippen molar-refractivity contribution in [1.29, 1.82) is 0 Å². The maximum atomic E-state index is 12.0. The van der Waals surface area contributed by atoms with E-state index in [0.29, 0.717) is 52.0 Å². The molecule has 0 atom stereocenters. The van der Waals surface area contributed by atoms with Gasteiger partial charge in [-0.2, -0.15) is 0 Å². The van der Waals surface area contributed by atoms with Crippen LogP contribution in [0.15, 0.2) is 0 Å². The Morgan fingerprint density at radius 3 is 2.52 bits per heavy atom. The monoisotopic (exact) mass is 300 g/mol. The van der Waals surface area contributed by atoms with Crippen LogP contribution in [0.25, 0.3) is 0 Å². The number of carboxylic acid groups (broad SMARTS) is 1. The molecule has 8 heteroatoms. The number of amides is 3. The summed E-state index contributed by atoms with van der Waals surface area (Å²) in [7, 11) is 0. The molecule has 21 heavy (non-hydrogen) atoms. The molecule has 1 aliphatic rings. The van der Waals surface area contributed by atoms with E-state index in [2.05, 4.69) is 5.32 Å². The largest absolute Gasteiger partial charge is 0.480 e. The Kier molecular flexibility index (Phi) is 7.52. The van der Waals surface area contributed by atoms with Crippen molar-refractivity contribution in [3.63, 3.8) is 0 Å². The van der Waals surface area contributed by atoms with Gasteiger partial charge in [-0.3, -0.25) is 14.5 Å². The smallest absolute Gasteiger partial charge is 0.317 e. The molecular formula is C13H24N4O4. The zero-order valence-electron chi connectivity index (χ0n) is 12.2. The van der Waals surface area contributed by atoms with Crippen LogP contribution in [0.4, 0.5) is 4.79 Å². The van der Waals surface area contributed by atoms with Gasteiger partial charge in [-0.1, -0.05) is 0 Å². The van der Waals surface area contributed by atoms with E-state index in [1.807, 2.05) is 4.90 Å². The van der Waals surface area contributed by atoms with Gasteiger partial charge in [-0.25, -0.2) is 4.79 Å². The van der Waals surface area contributed by atoms with E-state index in [4.69, 9.17) is 10.8 Å². The minimum atomic E-state index is -0.845. The zero-order valence-corrected chi connectivity index (χ0v) is 12.2. The Hall–Kier alpha value is -1.83. The molecular weight excluding hydrogens is 276 g/mol. The minimum Gasteiger partial charge on any atom is -0.480 e. The van der Waals surface area contributed by atoms with Crippen LogP contribution in [-0.4, -0.2) is 72.1 Å². The summed E-state index contributed by atoms with van der Waals surface area (Å²) in [5.74, 6) is -1.17. The molecule has 0 aliphatic carbocycles. The molecule has 1 saturated heterocycles. The molecule has 4 N–H and O–H groups in total. The summed E-state index contributed by atoms with van der Waals surface area (Å²) in [6, 6.07) is -0.133. The van der Waals surface area contributed by atoms with Crippen LogP contribution in [0.3, 0.4) is 0 Å². The quantitative estimate of drug-likeness (QED) is 0.545. The van der Waals surface area contributed by atoms with E-state index >= 15 is 0 Å². The van der Waals surface area contributed by atoms with Gasteiger partial charge in [0.15, 0.2) is 0 Å². The van der Waals surface area contributed by atoms with Crippen LogP contribution in [0, 0.1) is 0 Å². The number of carbonyl (C=O) groups excluding carboxylic acids is 2. The molecule has 120 valence electrons. The number of nitrogens with zero attached hydrogens (tertiary/aromatic N) is 2. The number of urea groups is 1. The Bertz CT molecular complexity index is 375. The lowest BCUT2D eigenvalue weighted by Gasteiger charge is -2.21. The third-order valence-electron chi connectivity index (χ3n) is 3.36. The second-order valence-electron chi connectivity index (χ2n) is 5.17. The SMILES string of the molecule is NC(=O)CCCCNC(=O)N1CCCN(CC(=O)O)CC1. The molecule has 0 aromatic rings. The molecule has 0 spiro atoms. The standard InChI is InChI=1S/C13H24N4O4/c14-11(18)4-1-2-5-15-13(21)17-7-3-6-16(8-9-17)10-12(19)20/h1-10H2,(H2,14,18)(H,15,21)(H,19,20). The van der Waals surface area contributed by atoms with Gasteiger partial charge in [0.25, 0.3) is 0 Å². The van der Waals surface area contributed by atoms with E-state index in [0.717, 1.165) is 6.42 Å². The third-order valence-corrected chi connectivity index (χ3v) is 3.36. The summed E-state index contributed by atoms with van der Waals surface area (Å²) < 4.78 is 0. The van der Waals surface area contributed by atoms with Crippen molar-refractivity contribution in [1.82, 2.24) is 15.1 Å². The van der Waals surface area contributed by atoms with Gasteiger partial charge in [-0.15, -0.1) is 0 Å². The fourth-order valence-corrected chi connectivity index (χ4v) is 2.25. The van der Waals surface area contributed by atoms with Gasteiger partial charge < -0.3 is 21.1 Å². The molecule has 1 aliphatic heterocycles. The fraction of sp³-hybridized carbons (Fsp3) is 0.769. The molecule has 0 aromatic carbocycles. The number of primary amides is 1. The molecule has 0 bridgehead atoms. The highest BCUT2D eigenvalue weighted by Crippen LogP contribution is 2.03. The first kappa shape index (κ1) is 17.2. The van der Waals surface area contributed by atoms with Crippen molar-refractivity contribution in [2.45, 2.75) is 25.7 Å². The highest BCUT2D eigenvalue weighted by molar-refractivity contribution is 5.74. The van der Waals surface area contributed by atoms with Crippen LogP contribution in [-0.2, 0) is 9.59 Å². The normalized spacial score (nSPS) is 16.3. The summed E-state index contributed by atoms with van der Waals surface area (Å²) in [5, 5.41) is 11.6. The Balaban J connectivity index is 2.22. The first-order valence-corrected chi connectivity index (χ1v) is 7.24. The summed E-state index contributed by atoms with van der Waals surface area (Å²) >= 11 is 0. The van der Waals surface area contributed by atoms with Crippen molar-refractivity contribution >= 4 is 17.9 Å². The van der Waals surface area contributed by atoms with Crippen molar-refractivity contribution < 1.29 is 19.5 Å². The average molecular weight is 300 g/mol. The van der Waals surface area contributed by atoms with Crippen LogP contribution in [0.1, 0.15) is 25.7 Å². The molecule has 0 radical (unpaired) electrons. The second-order valence-corrected chi connectivity index (χ2v) is 5.17. The highest BCUT2D eigenvalue weighted by atomic mass is 16.4. The van der Waals surface area contributed by atoms with Gasteiger partial charge in [-0.05, 0) is 19.3 Å². The molecule has 0 saturated carbocycles. The van der Waals surface area contributed by atoms with Crippen molar-refractivity contribution in [2.24, 2.45) is 5.73 Å². The van der Waals surface area contributed by atoms with E-state index in [1.54, 1.807) is 4.90 Å². The molecule has 0 unspecified atom stereocenters. The number of hydrogen-bond donors (Lipinski definition) is 3. The Labute approximate surface area is 124 Å². The predicted octanol–water partition coefficient (Wildman–Crippen LogP) is -0.556. The van der Waals surface area contributed by atoms with Gasteiger partial charge in [0, 0.05) is 39.1 Å². The number of hydrogen-bond acceptors (Lipinski definition) is 4. The molecule has 1 rings (SSSR count). The van der Waals surface area contributed by atoms with Gasteiger partial charge in [0.1, 0.15) is 0 Å². The minimum absolute atomic E-state index is 0.0164. The summed E-state index contributed by atoms with van der Waals surface area (Å²) in [6.45, 7) is 2.95. The lowest BCUT2D eigenvalue weighted by Crippen LogP contribution is -2.42. The van der Waals surface area contributed by atoms with Crippen LogP contribution in [0.5, 0.6) is 0 Å². The van der Waals surface area contributed by atoms with E-state index < -0.39 is 5.97 Å². The molecule has 1 heterocycles. The molecule has 0 aromatic heterocycles. The Morgan fingerprint density at radius 2 is 1.86 bits per heavy atom. The highest BCUT2D eigenvalue weighted by Gasteiger charge is 2.19. The number of carbonyl (C=O) groups is 3. The van der Waals surface area contributed by atoms with E-state index in [-0.39, 0.29) is 18.5 Å². The van der Waals surface area contributed by atoms with E-state index in [1.165, 1.54) is 0 Å². The number of carboxylic acids is 1. The first-order valence-electron chi connectivity index (χ1n) is 7.24. The lowest BCUT2D eigenvalue weighted by atomic mass is 10.2. The summed E-state index contributed by atoms with van der Waals surface area (Å²) in [6.07, 6.45) is 2.49. The van der Waals surface area contributed by atoms with Crippen LogP contribution in [0.2, 0.25) is 0 Å². The number of rotatable bonds is 7. The predicted molar refractivity (Wildman–Crippen MR) is 76.7 cm³/mol. The lowest BCUT2D eigenvalue weighted by molar-refractivity contribution is -0.138. The topological polar surface area (TPSA) is 116 Å². The van der Waals surface area contributed by atoms with E-state index in [9.17, 15) is 14.4 Å². The van der Waals surface area contributed by atoms with Crippen LogP contribution >= 0.6 is 0 Å². The number of unbranched alkanes of at least 4 members (excludes halogenated alkanes) is 1. The average Bonchev–Trinajstić information content (AvgIpc) is 2.62. The molecule has 3 amide bonds. The molecule has 8 nitrogen and oxygen atoms in total. The maximum Gasteiger partial charge on any atom is 0.317 e.